The third-order valence-corrected chi connectivity index (χ3v) is 2.46. The van der Waals surface area contributed by atoms with E-state index in [0.717, 1.165) is 5.56 Å². The first-order valence-electron chi connectivity index (χ1n) is 4.65. The van der Waals surface area contributed by atoms with Crippen LogP contribution in [0.25, 0.3) is 0 Å². The third kappa shape index (κ3) is 3.28. The van der Waals surface area contributed by atoms with E-state index in [1.165, 1.54) is 6.20 Å². The Morgan fingerprint density at radius 1 is 1.35 bits per heavy atom. The zero-order chi connectivity index (χ0) is 12.3. The molecule has 0 aliphatic rings. The van der Waals surface area contributed by atoms with E-state index < -0.39 is 0 Å². The summed E-state index contributed by atoms with van der Waals surface area (Å²) in [5.74, 6) is 0.516. The SMILES string of the molecule is Nc1ncc(Br)nc1OCc1cncc(Cl)c1. The molecule has 7 heteroatoms. The molecule has 0 aliphatic heterocycles. The van der Waals surface area contributed by atoms with Gasteiger partial charge >= 0.3 is 0 Å². The summed E-state index contributed by atoms with van der Waals surface area (Å²) in [5.41, 5.74) is 6.45. The number of pyridine rings is 1. The highest BCUT2D eigenvalue weighted by molar-refractivity contribution is 9.10. The second-order valence-corrected chi connectivity index (χ2v) is 4.43. The quantitative estimate of drug-likeness (QED) is 0.941. The monoisotopic (exact) mass is 314 g/mol. The maximum absolute atomic E-state index is 5.80. The summed E-state index contributed by atoms with van der Waals surface area (Å²) in [6.07, 6.45) is 4.72. The minimum absolute atomic E-state index is 0.239. The third-order valence-electron chi connectivity index (χ3n) is 1.87. The molecule has 2 aromatic heterocycles. The minimum Gasteiger partial charge on any atom is -0.470 e. The summed E-state index contributed by atoms with van der Waals surface area (Å²) in [7, 11) is 0. The standard InChI is InChI=1S/C10H8BrClN4O/c11-8-4-15-9(13)10(16-8)17-5-6-1-7(12)3-14-2-6/h1-4H,5H2,(H2,13,15). The predicted octanol–water partition coefficient (Wildman–Crippen LogP) is 2.45. The molecule has 0 atom stereocenters. The predicted molar refractivity (Wildman–Crippen MR) is 67.7 cm³/mol. The van der Waals surface area contributed by atoms with Crippen molar-refractivity contribution in [2.75, 3.05) is 5.73 Å². The van der Waals surface area contributed by atoms with Crippen LogP contribution in [0.5, 0.6) is 5.88 Å². The highest BCUT2D eigenvalue weighted by atomic mass is 79.9. The molecule has 0 amide bonds. The van der Waals surface area contributed by atoms with Crippen LogP contribution in [0.3, 0.4) is 0 Å². The lowest BCUT2D eigenvalue weighted by atomic mass is 10.3. The number of hydrogen-bond donors (Lipinski definition) is 1. The molecule has 2 rings (SSSR count). The summed E-state index contributed by atoms with van der Waals surface area (Å²) < 4.78 is 5.99. The minimum atomic E-state index is 0.239. The van der Waals surface area contributed by atoms with Gasteiger partial charge in [0.15, 0.2) is 5.82 Å². The number of nitrogens with two attached hydrogens (primary N) is 1. The maximum Gasteiger partial charge on any atom is 0.258 e. The summed E-state index contributed by atoms with van der Waals surface area (Å²) in [4.78, 5) is 11.9. The second kappa shape index (κ2) is 5.29. The lowest BCUT2D eigenvalue weighted by Crippen LogP contribution is -2.03. The number of aromatic nitrogens is 3. The van der Waals surface area contributed by atoms with Gasteiger partial charge in [-0.1, -0.05) is 11.6 Å². The van der Waals surface area contributed by atoms with Crippen LogP contribution in [0.2, 0.25) is 5.02 Å². The van der Waals surface area contributed by atoms with Crippen LogP contribution >= 0.6 is 27.5 Å². The van der Waals surface area contributed by atoms with Gasteiger partial charge in [0, 0.05) is 18.0 Å². The highest BCUT2D eigenvalue weighted by Crippen LogP contribution is 2.19. The van der Waals surface area contributed by atoms with Crippen molar-refractivity contribution in [1.29, 1.82) is 0 Å². The maximum atomic E-state index is 5.80. The number of halogens is 2. The Kier molecular flexibility index (Phi) is 3.75. The summed E-state index contributed by atoms with van der Waals surface area (Å²) in [6.45, 7) is 0.281. The van der Waals surface area contributed by atoms with Crippen LogP contribution in [0.1, 0.15) is 5.56 Å². The van der Waals surface area contributed by atoms with Crippen molar-refractivity contribution >= 4 is 33.3 Å². The van der Waals surface area contributed by atoms with Crippen LogP contribution in [-0.2, 0) is 6.61 Å². The van der Waals surface area contributed by atoms with E-state index in [4.69, 9.17) is 22.1 Å². The molecule has 2 heterocycles. The molecule has 0 fully saturated rings. The van der Waals surface area contributed by atoms with Crippen molar-refractivity contribution in [2.45, 2.75) is 6.61 Å². The fraction of sp³-hybridized carbons (Fsp3) is 0.100. The Morgan fingerprint density at radius 2 is 2.18 bits per heavy atom. The van der Waals surface area contributed by atoms with E-state index in [9.17, 15) is 0 Å². The van der Waals surface area contributed by atoms with Crippen molar-refractivity contribution < 1.29 is 4.74 Å². The molecule has 2 aromatic rings. The molecule has 17 heavy (non-hydrogen) atoms. The first kappa shape index (κ1) is 12.1. The van der Waals surface area contributed by atoms with Crippen molar-refractivity contribution in [3.8, 4) is 5.88 Å². The lowest BCUT2D eigenvalue weighted by molar-refractivity contribution is 0.293. The van der Waals surface area contributed by atoms with E-state index in [-0.39, 0.29) is 18.3 Å². The Labute approximate surface area is 111 Å². The summed E-state index contributed by atoms with van der Waals surface area (Å²) in [5, 5.41) is 0.555. The fourth-order valence-corrected chi connectivity index (χ4v) is 1.61. The van der Waals surface area contributed by atoms with Gasteiger partial charge in [-0.15, -0.1) is 0 Å². The van der Waals surface area contributed by atoms with Crippen LogP contribution in [0.4, 0.5) is 5.82 Å². The molecule has 0 aromatic carbocycles. The number of nitrogen functional groups attached to an aromatic ring is 1. The number of ether oxygens (including phenoxy) is 1. The van der Waals surface area contributed by atoms with Gasteiger partial charge < -0.3 is 10.5 Å². The first-order chi connectivity index (χ1) is 8.15. The molecule has 2 N–H and O–H groups in total. The van der Waals surface area contributed by atoms with Gasteiger partial charge in [0.2, 0.25) is 0 Å². The Bertz CT molecular complexity index is 537. The number of rotatable bonds is 3. The Morgan fingerprint density at radius 3 is 2.94 bits per heavy atom. The van der Waals surface area contributed by atoms with Crippen LogP contribution in [-0.4, -0.2) is 15.0 Å². The van der Waals surface area contributed by atoms with E-state index in [1.54, 1.807) is 18.5 Å². The molecular formula is C10H8BrClN4O. The zero-order valence-corrected chi connectivity index (χ0v) is 10.9. The van der Waals surface area contributed by atoms with Gasteiger partial charge in [0.25, 0.3) is 5.88 Å². The Hall–Kier alpha value is -1.40. The molecule has 0 aliphatic carbocycles. The van der Waals surface area contributed by atoms with Gasteiger partial charge in [-0.2, -0.15) is 0 Å². The van der Waals surface area contributed by atoms with E-state index >= 15 is 0 Å². The summed E-state index contributed by atoms with van der Waals surface area (Å²) >= 11 is 9.00. The lowest BCUT2D eigenvalue weighted by Gasteiger charge is -2.07. The molecule has 0 spiro atoms. The van der Waals surface area contributed by atoms with Gasteiger partial charge in [-0.3, -0.25) is 4.98 Å². The Balaban J connectivity index is 2.09. The fourth-order valence-electron chi connectivity index (χ4n) is 1.15. The largest absolute Gasteiger partial charge is 0.470 e. The van der Waals surface area contributed by atoms with E-state index in [2.05, 4.69) is 30.9 Å². The van der Waals surface area contributed by atoms with Crippen molar-refractivity contribution in [2.24, 2.45) is 0 Å². The van der Waals surface area contributed by atoms with Gasteiger partial charge in [-0.05, 0) is 22.0 Å². The first-order valence-corrected chi connectivity index (χ1v) is 5.82. The molecule has 0 bridgehead atoms. The molecular weight excluding hydrogens is 307 g/mol. The molecule has 0 radical (unpaired) electrons. The molecule has 0 unspecified atom stereocenters. The zero-order valence-electron chi connectivity index (χ0n) is 8.60. The summed E-state index contributed by atoms with van der Waals surface area (Å²) in [6, 6.07) is 1.76. The topological polar surface area (TPSA) is 73.9 Å². The van der Waals surface area contributed by atoms with E-state index in [1.807, 2.05) is 0 Å². The van der Waals surface area contributed by atoms with Crippen LogP contribution in [0, 0.1) is 0 Å². The molecule has 0 saturated carbocycles. The van der Waals surface area contributed by atoms with Gasteiger partial charge in [0.1, 0.15) is 11.2 Å². The van der Waals surface area contributed by atoms with E-state index in [0.29, 0.717) is 9.63 Å². The average Bonchev–Trinajstić information content (AvgIpc) is 2.30. The molecule has 88 valence electrons. The van der Waals surface area contributed by atoms with Crippen LogP contribution in [0.15, 0.2) is 29.3 Å². The number of hydrogen-bond acceptors (Lipinski definition) is 5. The van der Waals surface area contributed by atoms with Gasteiger partial charge in [0.05, 0.1) is 11.2 Å². The number of nitrogens with zero attached hydrogens (tertiary/aromatic N) is 3. The van der Waals surface area contributed by atoms with Gasteiger partial charge in [-0.25, -0.2) is 9.97 Å². The van der Waals surface area contributed by atoms with Crippen LogP contribution < -0.4 is 10.5 Å². The average molecular weight is 316 g/mol. The normalized spacial score (nSPS) is 10.2. The smallest absolute Gasteiger partial charge is 0.258 e. The highest BCUT2D eigenvalue weighted by Gasteiger charge is 2.05. The number of anilines is 1. The van der Waals surface area contributed by atoms with Crippen molar-refractivity contribution in [3.05, 3.63) is 39.8 Å². The van der Waals surface area contributed by atoms with Crippen molar-refractivity contribution in [1.82, 2.24) is 15.0 Å². The molecule has 0 saturated heterocycles. The molecule has 5 nitrogen and oxygen atoms in total. The van der Waals surface area contributed by atoms with Crippen molar-refractivity contribution in [3.63, 3.8) is 0 Å². The second-order valence-electron chi connectivity index (χ2n) is 3.18.